The van der Waals surface area contributed by atoms with E-state index >= 15 is 0 Å². The number of carbonyl (C=O) groups is 1. The fourth-order valence-corrected chi connectivity index (χ4v) is 5.53. The average Bonchev–Trinajstić information content (AvgIpc) is 3.14. The van der Waals surface area contributed by atoms with Crippen molar-refractivity contribution in [2.24, 2.45) is 0 Å². The van der Waals surface area contributed by atoms with Crippen LogP contribution in [0.15, 0.2) is 58.8 Å². The van der Waals surface area contributed by atoms with Gasteiger partial charge >= 0.3 is 5.97 Å². The smallest absolute Gasteiger partial charge is 0.341 e. The van der Waals surface area contributed by atoms with Gasteiger partial charge in [-0.25, -0.2) is 13.2 Å². The van der Waals surface area contributed by atoms with E-state index in [4.69, 9.17) is 21.1 Å². The van der Waals surface area contributed by atoms with Crippen molar-refractivity contribution in [3.05, 3.63) is 64.5 Å². The van der Waals surface area contributed by atoms with Crippen LogP contribution in [-0.4, -0.2) is 39.8 Å². The highest BCUT2D eigenvalue weighted by molar-refractivity contribution is 7.94. The molecule has 3 aromatic rings. The number of anilines is 1. The number of halogens is 1. The summed E-state index contributed by atoms with van der Waals surface area (Å²) in [5.74, 6) is -1.10. The molecule has 0 aliphatic carbocycles. The molecule has 2 N–H and O–H groups in total. The third-order valence-corrected chi connectivity index (χ3v) is 7.42. The summed E-state index contributed by atoms with van der Waals surface area (Å²) in [4.78, 5) is 12.0. The quantitative estimate of drug-likeness (QED) is 0.337. The van der Waals surface area contributed by atoms with E-state index in [0.29, 0.717) is 22.9 Å². The van der Waals surface area contributed by atoms with Gasteiger partial charge in [-0.15, -0.1) is 11.3 Å². The molecule has 0 saturated carbocycles. The highest BCUT2D eigenvalue weighted by Crippen LogP contribution is 2.38. The molecule has 0 radical (unpaired) electrons. The normalized spacial score (nSPS) is 11.3. The molecular weight excluding hydrogens is 462 g/mol. The summed E-state index contributed by atoms with van der Waals surface area (Å²) in [5.41, 5.74) is 1.45. The molecule has 164 valence electrons. The molecule has 0 aliphatic rings. The summed E-state index contributed by atoms with van der Waals surface area (Å²) in [5, 5.41) is 10.1. The molecule has 2 aromatic carbocycles. The summed E-state index contributed by atoms with van der Waals surface area (Å²) in [6.45, 7) is 0.585. The molecule has 0 unspecified atom stereocenters. The lowest BCUT2D eigenvalue weighted by atomic mass is 10.1. The molecule has 7 nitrogen and oxygen atoms in total. The van der Waals surface area contributed by atoms with Gasteiger partial charge in [-0.3, -0.25) is 4.72 Å². The van der Waals surface area contributed by atoms with Crippen LogP contribution < -0.4 is 4.72 Å². The number of phenolic OH excluding ortho intramolecular Hbond substituents is 1. The van der Waals surface area contributed by atoms with Gasteiger partial charge in [-0.05, 0) is 23.8 Å². The number of carbonyl (C=O) groups excluding carboxylic acids is 1. The van der Waals surface area contributed by atoms with Gasteiger partial charge in [0.05, 0.1) is 12.3 Å². The maximum absolute atomic E-state index is 12.8. The van der Waals surface area contributed by atoms with Crippen molar-refractivity contribution in [2.45, 2.75) is 10.6 Å². The lowest BCUT2D eigenvalue weighted by Crippen LogP contribution is -2.12. The molecule has 0 bridgehead atoms. The fraction of sp³-hybridized carbons (Fsp3) is 0.190. The van der Waals surface area contributed by atoms with E-state index in [2.05, 4.69) is 4.72 Å². The van der Waals surface area contributed by atoms with Gasteiger partial charge in [0.2, 0.25) is 0 Å². The van der Waals surface area contributed by atoms with Crippen LogP contribution in [0.1, 0.15) is 16.8 Å². The first-order valence-corrected chi connectivity index (χ1v) is 11.9. The number of methoxy groups -OCH3 is 1. The Morgan fingerprint density at radius 2 is 1.87 bits per heavy atom. The summed E-state index contributed by atoms with van der Waals surface area (Å²) in [6, 6.07) is 14.5. The number of rotatable bonds is 9. The number of sulfonamides is 1. The van der Waals surface area contributed by atoms with Crippen LogP contribution in [0.4, 0.5) is 5.69 Å². The molecule has 1 heterocycles. The van der Waals surface area contributed by atoms with Gasteiger partial charge in [0.1, 0.15) is 19.9 Å². The number of phenols is 1. The molecule has 1 aromatic heterocycles. The number of nitrogens with one attached hydrogen (secondary N) is 1. The van der Waals surface area contributed by atoms with Crippen molar-refractivity contribution < 1.29 is 27.8 Å². The molecular formula is C21H20ClNO6S2. The number of ether oxygens (including phenoxy) is 2. The standard InChI is InChI=1S/C21H20ClNO6S2/c1-28-10-5-11-29-21(25)16-9-8-15(12-18(16)24)23-31(26,27)19-13-17(20(22)30-19)14-6-3-2-4-7-14/h2-4,6-9,12-13,23-24H,5,10-11H2,1H3. The number of hydrogen-bond acceptors (Lipinski definition) is 7. The van der Waals surface area contributed by atoms with Crippen molar-refractivity contribution in [3.63, 3.8) is 0 Å². The zero-order valence-electron chi connectivity index (χ0n) is 16.5. The number of hydrogen-bond donors (Lipinski definition) is 2. The zero-order chi connectivity index (χ0) is 22.4. The zero-order valence-corrected chi connectivity index (χ0v) is 18.9. The SMILES string of the molecule is COCCCOC(=O)c1ccc(NS(=O)(=O)c2cc(-c3ccccc3)c(Cl)s2)cc1O. The van der Waals surface area contributed by atoms with E-state index in [1.165, 1.54) is 18.2 Å². The van der Waals surface area contributed by atoms with Crippen LogP contribution in [0, 0.1) is 0 Å². The van der Waals surface area contributed by atoms with Gasteiger partial charge in [0.15, 0.2) is 0 Å². The maximum atomic E-state index is 12.8. The van der Waals surface area contributed by atoms with Crippen LogP contribution in [-0.2, 0) is 19.5 Å². The van der Waals surface area contributed by atoms with Crippen LogP contribution in [0.3, 0.4) is 0 Å². The van der Waals surface area contributed by atoms with E-state index in [1.54, 1.807) is 7.11 Å². The van der Waals surface area contributed by atoms with Crippen molar-refractivity contribution in [1.29, 1.82) is 0 Å². The first-order chi connectivity index (χ1) is 14.8. The number of aromatic hydroxyl groups is 1. The molecule has 10 heteroatoms. The summed E-state index contributed by atoms with van der Waals surface area (Å²) in [7, 11) is -2.41. The van der Waals surface area contributed by atoms with Crippen LogP contribution in [0.25, 0.3) is 11.1 Å². The highest BCUT2D eigenvalue weighted by atomic mass is 35.5. The van der Waals surface area contributed by atoms with Gasteiger partial charge in [0, 0.05) is 31.8 Å². The summed E-state index contributed by atoms with van der Waals surface area (Å²) >= 11 is 7.19. The Morgan fingerprint density at radius 1 is 1.13 bits per heavy atom. The molecule has 31 heavy (non-hydrogen) atoms. The lowest BCUT2D eigenvalue weighted by Gasteiger charge is -2.09. The molecule has 0 spiro atoms. The Kier molecular flexibility index (Phi) is 7.55. The average molecular weight is 482 g/mol. The Hall–Kier alpha value is -2.59. The molecule has 0 saturated heterocycles. The predicted octanol–water partition coefficient (Wildman–Crippen LogP) is 4.77. The number of benzene rings is 2. The Morgan fingerprint density at radius 3 is 2.55 bits per heavy atom. The lowest BCUT2D eigenvalue weighted by molar-refractivity contribution is 0.0465. The van der Waals surface area contributed by atoms with Crippen LogP contribution in [0.2, 0.25) is 4.34 Å². The third kappa shape index (κ3) is 5.76. The minimum atomic E-state index is -3.95. The highest BCUT2D eigenvalue weighted by Gasteiger charge is 2.22. The largest absolute Gasteiger partial charge is 0.507 e. The van der Waals surface area contributed by atoms with E-state index in [-0.39, 0.29) is 22.1 Å². The van der Waals surface area contributed by atoms with E-state index in [0.717, 1.165) is 23.0 Å². The van der Waals surface area contributed by atoms with Gasteiger partial charge < -0.3 is 14.6 Å². The van der Waals surface area contributed by atoms with Crippen molar-refractivity contribution in [2.75, 3.05) is 25.0 Å². The fourth-order valence-electron chi connectivity index (χ4n) is 2.71. The Bertz CT molecular complexity index is 1160. The first kappa shape index (κ1) is 23.1. The molecule has 0 atom stereocenters. The molecule has 0 fully saturated rings. The van der Waals surface area contributed by atoms with E-state index in [1.807, 2.05) is 30.3 Å². The Balaban J connectivity index is 1.75. The predicted molar refractivity (Wildman–Crippen MR) is 120 cm³/mol. The van der Waals surface area contributed by atoms with Crippen molar-refractivity contribution in [3.8, 4) is 16.9 Å². The number of thiophene rings is 1. The minimum absolute atomic E-state index is 0.0254. The molecule has 0 amide bonds. The first-order valence-electron chi connectivity index (χ1n) is 9.18. The van der Waals surface area contributed by atoms with Gasteiger partial charge in [-0.2, -0.15) is 0 Å². The third-order valence-electron chi connectivity index (χ3n) is 4.21. The monoisotopic (exact) mass is 481 g/mol. The second kappa shape index (κ2) is 10.1. The molecule has 3 rings (SSSR count). The summed E-state index contributed by atoms with van der Waals surface area (Å²) < 4.78 is 38.3. The second-order valence-electron chi connectivity index (χ2n) is 6.44. The Labute approximate surface area is 189 Å². The number of esters is 1. The van der Waals surface area contributed by atoms with Gasteiger partial charge in [0.25, 0.3) is 10.0 Å². The second-order valence-corrected chi connectivity index (χ2v) is 10.0. The van der Waals surface area contributed by atoms with E-state index < -0.39 is 21.7 Å². The van der Waals surface area contributed by atoms with Gasteiger partial charge in [-0.1, -0.05) is 41.9 Å². The van der Waals surface area contributed by atoms with Crippen LogP contribution in [0.5, 0.6) is 5.75 Å². The van der Waals surface area contributed by atoms with Crippen molar-refractivity contribution >= 4 is 44.6 Å². The topological polar surface area (TPSA) is 102 Å². The summed E-state index contributed by atoms with van der Waals surface area (Å²) in [6.07, 6.45) is 0.523. The molecule has 0 aliphatic heterocycles. The van der Waals surface area contributed by atoms with Crippen LogP contribution >= 0.6 is 22.9 Å². The van der Waals surface area contributed by atoms with Crippen molar-refractivity contribution in [1.82, 2.24) is 0 Å². The minimum Gasteiger partial charge on any atom is -0.507 e. The van der Waals surface area contributed by atoms with E-state index in [9.17, 15) is 18.3 Å². The maximum Gasteiger partial charge on any atom is 0.341 e.